The summed E-state index contributed by atoms with van der Waals surface area (Å²) in [5.41, 5.74) is 1.66. The summed E-state index contributed by atoms with van der Waals surface area (Å²) >= 11 is 1.39. The number of aromatic nitrogens is 1. The highest BCUT2D eigenvalue weighted by Gasteiger charge is 2.53. The van der Waals surface area contributed by atoms with Gasteiger partial charge in [0.05, 0.1) is 12.2 Å². The van der Waals surface area contributed by atoms with Crippen molar-refractivity contribution in [3.05, 3.63) is 81.6 Å². The fraction of sp³-hybridized carbons (Fsp3) is 0.261. The summed E-state index contributed by atoms with van der Waals surface area (Å²) < 4.78 is 18.6. The van der Waals surface area contributed by atoms with Crippen molar-refractivity contribution in [2.75, 3.05) is 0 Å². The predicted molar refractivity (Wildman–Crippen MR) is 113 cm³/mol. The third kappa shape index (κ3) is 3.57. The van der Waals surface area contributed by atoms with E-state index >= 15 is 0 Å². The molecular weight excluding hydrogens is 417 g/mol. The Kier molecular flexibility index (Phi) is 4.94. The molecule has 2 heterocycles. The van der Waals surface area contributed by atoms with E-state index in [1.165, 1.54) is 28.4 Å². The van der Waals surface area contributed by atoms with Crippen LogP contribution in [0.15, 0.2) is 53.9 Å². The van der Waals surface area contributed by atoms with Crippen LogP contribution >= 0.6 is 11.3 Å². The van der Waals surface area contributed by atoms with E-state index in [9.17, 15) is 14.0 Å². The van der Waals surface area contributed by atoms with Gasteiger partial charge in [0.15, 0.2) is 0 Å². The largest absolute Gasteiger partial charge is 0.486 e. The Bertz CT molecular complexity index is 1150. The molecule has 1 N–H and O–H groups in total. The first-order chi connectivity index (χ1) is 15.0. The summed E-state index contributed by atoms with van der Waals surface area (Å²) in [5, 5.41) is 5.50. The molecule has 8 heteroatoms. The molecule has 1 saturated heterocycles. The molecule has 0 saturated carbocycles. The van der Waals surface area contributed by atoms with Crippen molar-refractivity contribution in [1.29, 1.82) is 0 Å². The minimum atomic E-state index is -0.976. The fourth-order valence-corrected chi connectivity index (χ4v) is 4.98. The Hall–Kier alpha value is -3.26. The zero-order valence-corrected chi connectivity index (χ0v) is 17.5. The Balaban J connectivity index is 1.30. The molecule has 1 aliphatic heterocycles. The predicted octanol–water partition coefficient (Wildman–Crippen LogP) is 4.14. The maximum Gasteiger partial charge on any atom is 0.325 e. The Labute approximate surface area is 182 Å². The first kappa shape index (κ1) is 19.7. The van der Waals surface area contributed by atoms with Gasteiger partial charge in [-0.2, -0.15) is 0 Å². The first-order valence-electron chi connectivity index (χ1n) is 10.1. The van der Waals surface area contributed by atoms with Gasteiger partial charge in [-0.3, -0.25) is 9.69 Å². The molecule has 2 aromatic carbocycles. The number of amides is 3. The molecule has 158 valence electrons. The van der Waals surface area contributed by atoms with Crippen LogP contribution in [-0.4, -0.2) is 21.8 Å². The Morgan fingerprint density at radius 3 is 2.81 bits per heavy atom. The van der Waals surface area contributed by atoms with Crippen LogP contribution < -0.4 is 10.1 Å². The molecule has 6 nitrogen and oxygen atoms in total. The van der Waals surface area contributed by atoms with Gasteiger partial charge >= 0.3 is 6.03 Å². The van der Waals surface area contributed by atoms with Crippen LogP contribution in [0.2, 0.25) is 0 Å². The number of urea groups is 1. The number of carbonyl (C=O) groups is 2. The number of rotatable bonds is 5. The Morgan fingerprint density at radius 1 is 1.16 bits per heavy atom. The lowest BCUT2D eigenvalue weighted by molar-refractivity contribution is -0.132. The second-order valence-electron chi connectivity index (χ2n) is 7.71. The molecule has 1 aromatic heterocycles. The van der Waals surface area contributed by atoms with E-state index in [1.54, 1.807) is 12.1 Å². The first-order valence-corrected chi connectivity index (χ1v) is 11.0. The maximum atomic E-state index is 13.4. The monoisotopic (exact) mass is 437 g/mol. The standard InChI is InChI=1S/C23H20FN3O3S/c24-16-7-9-18(10-8-16)30-13-20-25-17(14-31-20)12-27-21(28)23(26-22(27)29)11-3-5-15-4-1-2-6-19(15)23/h1-2,4,6-10,14H,3,5,11-13H2,(H,26,29). The van der Waals surface area contributed by atoms with Crippen molar-refractivity contribution >= 4 is 23.3 Å². The van der Waals surface area contributed by atoms with E-state index in [2.05, 4.69) is 10.3 Å². The summed E-state index contributed by atoms with van der Waals surface area (Å²) in [4.78, 5) is 31.8. The quantitative estimate of drug-likeness (QED) is 0.609. The molecule has 1 fully saturated rings. The van der Waals surface area contributed by atoms with Gasteiger partial charge in [0.1, 0.15) is 28.7 Å². The van der Waals surface area contributed by atoms with Gasteiger partial charge in [-0.15, -0.1) is 11.3 Å². The number of nitrogens with one attached hydrogen (secondary N) is 1. The van der Waals surface area contributed by atoms with E-state index in [0.29, 0.717) is 22.9 Å². The number of hydrogen-bond donors (Lipinski definition) is 1. The average Bonchev–Trinajstić information content (AvgIpc) is 3.32. The molecule has 1 aliphatic carbocycles. The number of hydrogen-bond acceptors (Lipinski definition) is 5. The third-order valence-corrected chi connectivity index (χ3v) is 6.62. The summed E-state index contributed by atoms with van der Waals surface area (Å²) in [5.74, 6) is 0.00252. The molecule has 1 atom stereocenters. The molecule has 31 heavy (non-hydrogen) atoms. The van der Waals surface area contributed by atoms with Crippen molar-refractivity contribution in [1.82, 2.24) is 15.2 Å². The van der Waals surface area contributed by atoms with Crippen molar-refractivity contribution in [3.8, 4) is 5.75 Å². The minimum absolute atomic E-state index is 0.113. The van der Waals surface area contributed by atoms with Crippen LogP contribution in [-0.2, 0) is 29.9 Å². The van der Waals surface area contributed by atoms with E-state index in [0.717, 1.165) is 24.0 Å². The zero-order valence-electron chi connectivity index (χ0n) is 16.6. The minimum Gasteiger partial charge on any atom is -0.486 e. The van der Waals surface area contributed by atoms with E-state index in [-0.39, 0.29) is 30.9 Å². The molecule has 2 aliphatic rings. The lowest BCUT2D eigenvalue weighted by atomic mass is 9.76. The summed E-state index contributed by atoms with van der Waals surface area (Å²) in [6, 6.07) is 13.2. The number of halogens is 1. The van der Waals surface area contributed by atoms with Gasteiger partial charge in [0, 0.05) is 5.38 Å². The zero-order chi connectivity index (χ0) is 21.4. The molecular formula is C23H20FN3O3S. The van der Waals surface area contributed by atoms with E-state index in [1.807, 2.05) is 29.6 Å². The maximum absolute atomic E-state index is 13.4. The van der Waals surface area contributed by atoms with Gasteiger partial charge in [-0.05, 0) is 54.7 Å². The van der Waals surface area contributed by atoms with Gasteiger partial charge < -0.3 is 10.1 Å². The highest BCUT2D eigenvalue weighted by Crippen LogP contribution is 2.40. The summed E-state index contributed by atoms with van der Waals surface area (Å²) in [7, 11) is 0. The smallest absolute Gasteiger partial charge is 0.325 e. The second-order valence-corrected chi connectivity index (χ2v) is 8.66. The third-order valence-electron chi connectivity index (χ3n) is 5.75. The van der Waals surface area contributed by atoms with Crippen molar-refractivity contribution < 1.29 is 18.7 Å². The number of fused-ring (bicyclic) bond motifs is 2. The van der Waals surface area contributed by atoms with Crippen molar-refractivity contribution in [2.24, 2.45) is 0 Å². The fourth-order valence-electron chi connectivity index (χ4n) is 4.28. The number of carbonyl (C=O) groups excluding carboxylic acids is 2. The number of imide groups is 1. The lowest BCUT2D eigenvalue weighted by Gasteiger charge is -2.33. The van der Waals surface area contributed by atoms with Crippen LogP contribution in [0, 0.1) is 5.82 Å². The van der Waals surface area contributed by atoms with E-state index < -0.39 is 5.54 Å². The van der Waals surface area contributed by atoms with Gasteiger partial charge in [-0.1, -0.05) is 24.3 Å². The van der Waals surface area contributed by atoms with E-state index in [4.69, 9.17) is 4.74 Å². The van der Waals surface area contributed by atoms with Crippen LogP contribution in [0.25, 0.3) is 0 Å². The highest BCUT2D eigenvalue weighted by molar-refractivity contribution is 7.09. The number of nitrogens with zero attached hydrogens (tertiary/aromatic N) is 2. The molecule has 0 bridgehead atoms. The molecule has 1 unspecified atom stereocenters. The number of thiazole rings is 1. The van der Waals surface area contributed by atoms with Crippen LogP contribution in [0.4, 0.5) is 9.18 Å². The van der Waals surface area contributed by atoms with Crippen molar-refractivity contribution in [2.45, 2.75) is 38.0 Å². The number of ether oxygens (including phenoxy) is 1. The van der Waals surface area contributed by atoms with Crippen LogP contribution in [0.3, 0.4) is 0 Å². The molecule has 5 rings (SSSR count). The number of benzene rings is 2. The molecule has 0 radical (unpaired) electrons. The number of aryl methyl sites for hydroxylation is 1. The van der Waals surface area contributed by atoms with Gasteiger partial charge in [-0.25, -0.2) is 14.2 Å². The molecule has 3 amide bonds. The second kappa shape index (κ2) is 7.77. The molecule has 1 spiro atoms. The van der Waals surface area contributed by atoms with Crippen LogP contribution in [0.5, 0.6) is 5.75 Å². The Morgan fingerprint density at radius 2 is 1.97 bits per heavy atom. The average molecular weight is 437 g/mol. The summed E-state index contributed by atoms with van der Waals surface area (Å²) in [6.45, 7) is 0.343. The highest BCUT2D eigenvalue weighted by atomic mass is 32.1. The van der Waals surface area contributed by atoms with Crippen LogP contribution in [0.1, 0.15) is 34.7 Å². The SMILES string of the molecule is O=C1NC2(CCCc3ccccc32)C(=O)N1Cc1csc(COc2ccc(F)cc2)n1. The van der Waals surface area contributed by atoms with Crippen molar-refractivity contribution in [3.63, 3.8) is 0 Å². The van der Waals surface area contributed by atoms with Gasteiger partial charge in [0.2, 0.25) is 0 Å². The topological polar surface area (TPSA) is 71.5 Å². The normalized spacial score (nSPS) is 20.1. The molecule has 3 aromatic rings. The lowest BCUT2D eigenvalue weighted by Crippen LogP contribution is -2.46. The summed E-state index contributed by atoms with van der Waals surface area (Å²) in [6.07, 6.45) is 2.35. The van der Waals surface area contributed by atoms with Gasteiger partial charge in [0.25, 0.3) is 5.91 Å².